The van der Waals surface area contributed by atoms with Gasteiger partial charge in [0.1, 0.15) is 17.7 Å². The van der Waals surface area contributed by atoms with Gasteiger partial charge >= 0.3 is 5.97 Å². The summed E-state index contributed by atoms with van der Waals surface area (Å²) in [5.74, 6) is 0.607. The van der Waals surface area contributed by atoms with Crippen molar-refractivity contribution >= 4 is 5.97 Å². The van der Waals surface area contributed by atoms with Crippen molar-refractivity contribution in [3.63, 3.8) is 0 Å². The summed E-state index contributed by atoms with van der Waals surface area (Å²) in [6.07, 6.45) is 2.08. The van der Waals surface area contributed by atoms with Crippen molar-refractivity contribution in [2.75, 3.05) is 6.61 Å². The van der Waals surface area contributed by atoms with E-state index in [1.807, 2.05) is 37.3 Å². The molecule has 3 aromatic carbocycles. The van der Waals surface area contributed by atoms with Gasteiger partial charge in [-0.3, -0.25) is 4.79 Å². The SMILES string of the molecule is CCOC(=O)C1CC1c1ccc(OC2CCc3c(-c4c(C)cccc4C)ccc(F)c32)cc1. The van der Waals surface area contributed by atoms with Gasteiger partial charge < -0.3 is 9.47 Å². The Kier molecular flexibility index (Phi) is 5.69. The molecule has 0 aliphatic heterocycles. The summed E-state index contributed by atoms with van der Waals surface area (Å²) < 4.78 is 26.4. The maximum Gasteiger partial charge on any atom is 0.309 e. The molecule has 2 aliphatic rings. The van der Waals surface area contributed by atoms with Crippen LogP contribution in [0.3, 0.4) is 0 Å². The number of rotatable bonds is 6. The summed E-state index contributed by atoms with van der Waals surface area (Å²) in [6, 6.07) is 17.6. The topological polar surface area (TPSA) is 35.5 Å². The first-order valence-electron chi connectivity index (χ1n) is 11.8. The number of hydrogen-bond acceptors (Lipinski definition) is 3. The summed E-state index contributed by atoms with van der Waals surface area (Å²) in [5, 5.41) is 0. The van der Waals surface area contributed by atoms with Crippen molar-refractivity contribution in [2.24, 2.45) is 5.92 Å². The Morgan fingerprint density at radius 3 is 2.45 bits per heavy atom. The van der Waals surface area contributed by atoms with E-state index in [0.29, 0.717) is 12.2 Å². The van der Waals surface area contributed by atoms with Crippen LogP contribution in [0, 0.1) is 25.6 Å². The third kappa shape index (κ3) is 4.03. The van der Waals surface area contributed by atoms with Gasteiger partial charge in [0.05, 0.1) is 12.5 Å². The van der Waals surface area contributed by atoms with Gasteiger partial charge in [0.2, 0.25) is 0 Å². The molecule has 0 heterocycles. The van der Waals surface area contributed by atoms with E-state index in [1.165, 1.54) is 16.7 Å². The molecule has 0 spiro atoms. The zero-order chi connectivity index (χ0) is 23.1. The van der Waals surface area contributed by atoms with E-state index in [-0.39, 0.29) is 29.7 Å². The quantitative estimate of drug-likeness (QED) is 0.390. The Morgan fingerprint density at radius 1 is 1.03 bits per heavy atom. The molecule has 170 valence electrons. The lowest BCUT2D eigenvalue weighted by Crippen LogP contribution is -2.07. The number of benzene rings is 3. The molecule has 0 saturated heterocycles. The lowest BCUT2D eigenvalue weighted by Gasteiger charge is -2.18. The molecule has 33 heavy (non-hydrogen) atoms. The molecule has 0 N–H and O–H groups in total. The Hall–Kier alpha value is -3.14. The fraction of sp³-hybridized carbons (Fsp3) is 0.345. The molecule has 3 unspecified atom stereocenters. The number of esters is 1. The second-order valence-corrected chi connectivity index (χ2v) is 9.17. The van der Waals surface area contributed by atoms with Crippen LogP contribution < -0.4 is 4.74 Å². The Balaban J connectivity index is 1.36. The predicted octanol–water partition coefficient (Wildman–Crippen LogP) is 6.84. The average molecular weight is 445 g/mol. The normalized spacial score (nSPS) is 20.9. The van der Waals surface area contributed by atoms with Crippen LogP contribution in [0.2, 0.25) is 0 Å². The number of ether oxygens (including phenoxy) is 2. The largest absolute Gasteiger partial charge is 0.486 e. The number of carbonyl (C=O) groups excluding carboxylic acids is 1. The van der Waals surface area contributed by atoms with Gasteiger partial charge in [-0.05, 0) is 97.5 Å². The fourth-order valence-corrected chi connectivity index (χ4v) is 5.30. The average Bonchev–Trinajstić information content (AvgIpc) is 3.49. The van der Waals surface area contributed by atoms with Crippen molar-refractivity contribution in [1.29, 1.82) is 0 Å². The van der Waals surface area contributed by atoms with Crippen LogP contribution in [0.5, 0.6) is 5.75 Å². The third-order valence-corrected chi connectivity index (χ3v) is 7.00. The maximum atomic E-state index is 15.0. The second-order valence-electron chi connectivity index (χ2n) is 9.17. The van der Waals surface area contributed by atoms with E-state index in [2.05, 4.69) is 32.0 Å². The Morgan fingerprint density at radius 2 is 1.76 bits per heavy atom. The van der Waals surface area contributed by atoms with Gasteiger partial charge in [-0.1, -0.05) is 36.4 Å². The molecule has 0 bridgehead atoms. The van der Waals surface area contributed by atoms with Gasteiger partial charge in [0, 0.05) is 5.56 Å². The van der Waals surface area contributed by atoms with Crippen LogP contribution in [0.1, 0.15) is 59.6 Å². The van der Waals surface area contributed by atoms with Crippen molar-refractivity contribution in [2.45, 2.75) is 52.1 Å². The molecule has 4 heteroatoms. The molecule has 0 aromatic heterocycles. The standard InChI is InChI=1S/C29H29FO3/c1-4-32-29(31)24-16-23(24)19-8-10-20(11-9-19)33-26-15-13-22-21(12-14-25(30)28(22)26)27-17(2)6-5-7-18(27)3/h5-12,14,23-24,26H,4,13,15-16H2,1-3H3. The van der Waals surface area contributed by atoms with E-state index in [4.69, 9.17) is 9.47 Å². The van der Waals surface area contributed by atoms with Crippen molar-refractivity contribution in [3.8, 4) is 16.9 Å². The van der Waals surface area contributed by atoms with E-state index in [9.17, 15) is 9.18 Å². The van der Waals surface area contributed by atoms with Crippen LogP contribution in [-0.4, -0.2) is 12.6 Å². The maximum absolute atomic E-state index is 15.0. The highest BCUT2D eigenvalue weighted by molar-refractivity contribution is 5.77. The van der Waals surface area contributed by atoms with E-state index in [0.717, 1.165) is 41.7 Å². The van der Waals surface area contributed by atoms with Gasteiger partial charge in [-0.15, -0.1) is 0 Å². The number of aryl methyl sites for hydroxylation is 2. The number of carbonyl (C=O) groups is 1. The highest BCUT2D eigenvalue weighted by Crippen LogP contribution is 2.49. The summed E-state index contributed by atoms with van der Waals surface area (Å²) in [4.78, 5) is 11.9. The number of hydrogen-bond donors (Lipinski definition) is 0. The number of halogens is 1. The summed E-state index contributed by atoms with van der Waals surface area (Å²) in [6.45, 7) is 6.46. The first kappa shape index (κ1) is 21.7. The molecule has 3 atom stereocenters. The molecule has 3 nitrogen and oxygen atoms in total. The second kappa shape index (κ2) is 8.66. The molecular weight excluding hydrogens is 415 g/mol. The van der Waals surface area contributed by atoms with Crippen LogP contribution >= 0.6 is 0 Å². The van der Waals surface area contributed by atoms with Crippen molar-refractivity contribution < 1.29 is 18.7 Å². The van der Waals surface area contributed by atoms with E-state index >= 15 is 0 Å². The smallest absolute Gasteiger partial charge is 0.309 e. The molecule has 0 radical (unpaired) electrons. The summed E-state index contributed by atoms with van der Waals surface area (Å²) in [5.41, 5.74) is 7.57. The minimum absolute atomic E-state index is 0.0316. The van der Waals surface area contributed by atoms with E-state index in [1.54, 1.807) is 6.07 Å². The lowest BCUT2D eigenvalue weighted by molar-refractivity contribution is -0.144. The summed E-state index contributed by atoms with van der Waals surface area (Å²) >= 11 is 0. The first-order valence-corrected chi connectivity index (χ1v) is 11.8. The minimum atomic E-state index is -0.302. The van der Waals surface area contributed by atoms with E-state index < -0.39 is 0 Å². The van der Waals surface area contributed by atoms with Gasteiger partial charge in [-0.25, -0.2) is 4.39 Å². The first-order chi connectivity index (χ1) is 16.0. The zero-order valence-corrected chi connectivity index (χ0v) is 19.4. The molecule has 1 fully saturated rings. The number of fused-ring (bicyclic) bond motifs is 1. The van der Waals surface area contributed by atoms with Crippen LogP contribution in [-0.2, 0) is 16.0 Å². The minimum Gasteiger partial charge on any atom is -0.486 e. The zero-order valence-electron chi connectivity index (χ0n) is 19.4. The van der Waals surface area contributed by atoms with Gasteiger partial charge in [-0.2, -0.15) is 0 Å². The van der Waals surface area contributed by atoms with Gasteiger partial charge in [0.25, 0.3) is 0 Å². The molecule has 0 amide bonds. The lowest BCUT2D eigenvalue weighted by atomic mass is 9.90. The van der Waals surface area contributed by atoms with Gasteiger partial charge in [0.15, 0.2) is 0 Å². The van der Waals surface area contributed by atoms with Crippen LogP contribution in [0.25, 0.3) is 11.1 Å². The molecule has 2 aliphatic carbocycles. The molecule has 1 saturated carbocycles. The highest BCUT2D eigenvalue weighted by atomic mass is 19.1. The Labute approximate surface area is 194 Å². The predicted molar refractivity (Wildman–Crippen MR) is 127 cm³/mol. The highest BCUT2D eigenvalue weighted by Gasteiger charge is 2.45. The van der Waals surface area contributed by atoms with Crippen molar-refractivity contribution in [3.05, 3.63) is 88.2 Å². The van der Waals surface area contributed by atoms with Crippen LogP contribution in [0.15, 0.2) is 54.6 Å². The monoisotopic (exact) mass is 444 g/mol. The fourth-order valence-electron chi connectivity index (χ4n) is 5.30. The molecule has 3 aromatic rings. The third-order valence-electron chi connectivity index (χ3n) is 7.00. The van der Waals surface area contributed by atoms with Crippen LogP contribution in [0.4, 0.5) is 4.39 Å². The summed E-state index contributed by atoms with van der Waals surface area (Å²) in [7, 11) is 0. The van der Waals surface area contributed by atoms with Crippen molar-refractivity contribution in [1.82, 2.24) is 0 Å². The molecular formula is C29H29FO3. The molecule has 5 rings (SSSR count). The Bertz CT molecular complexity index is 1180.